The van der Waals surface area contributed by atoms with Crippen LogP contribution in [0.25, 0.3) is 0 Å². The Kier molecular flexibility index (Phi) is 6.55. The number of nitrogens with zero attached hydrogens (tertiary/aromatic N) is 3. The topological polar surface area (TPSA) is 53.1 Å². The van der Waals surface area contributed by atoms with Gasteiger partial charge in [0, 0.05) is 45.5 Å². The summed E-state index contributed by atoms with van der Waals surface area (Å²) in [6, 6.07) is 8.34. The van der Waals surface area contributed by atoms with Crippen molar-refractivity contribution in [1.82, 2.24) is 8.61 Å². The highest BCUT2D eigenvalue weighted by molar-refractivity contribution is 7.86. The second-order valence-corrected chi connectivity index (χ2v) is 9.43. The van der Waals surface area contributed by atoms with Gasteiger partial charge in [-0.2, -0.15) is 17.0 Å². The van der Waals surface area contributed by atoms with E-state index in [1.54, 1.807) is 18.4 Å². The molecule has 0 atom stereocenters. The van der Waals surface area contributed by atoms with Crippen LogP contribution in [0.1, 0.15) is 37.7 Å². The van der Waals surface area contributed by atoms with Crippen LogP contribution in [0.4, 0.5) is 5.69 Å². The Labute approximate surface area is 157 Å². The summed E-state index contributed by atoms with van der Waals surface area (Å²) in [5.74, 6) is 0. The lowest BCUT2D eigenvalue weighted by Crippen LogP contribution is -2.45. The van der Waals surface area contributed by atoms with Crippen LogP contribution in [0, 0.1) is 0 Å². The normalized spacial score (nSPS) is 20.1. The van der Waals surface area contributed by atoms with E-state index in [0.29, 0.717) is 6.54 Å². The number of morpholine rings is 1. The minimum Gasteiger partial charge on any atom is -0.378 e. The first-order chi connectivity index (χ1) is 12.5. The van der Waals surface area contributed by atoms with E-state index in [1.165, 1.54) is 16.4 Å². The average Bonchev–Trinajstić information content (AvgIpc) is 2.69. The molecule has 2 fully saturated rings. The van der Waals surface area contributed by atoms with Crippen molar-refractivity contribution in [2.45, 2.75) is 44.7 Å². The van der Waals surface area contributed by atoms with E-state index in [1.807, 2.05) is 12.1 Å². The van der Waals surface area contributed by atoms with Gasteiger partial charge in [0.1, 0.15) is 0 Å². The maximum atomic E-state index is 12.9. The molecule has 7 heteroatoms. The first kappa shape index (κ1) is 19.6. The average molecular weight is 382 g/mol. The maximum Gasteiger partial charge on any atom is 0.282 e. The van der Waals surface area contributed by atoms with E-state index in [-0.39, 0.29) is 6.04 Å². The molecule has 0 radical (unpaired) electrons. The Morgan fingerprint density at radius 2 is 1.65 bits per heavy atom. The van der Waals surface area contributed by atoms with Gasteiger partial charge in [-0.3, -0.25) is 0 Å². The molecule has 26 heavy (non-hydrogen) atoms. The number of rotatable bonds is 6. The van der Waals surface area contributed by atoms with Gasteiger partial charge >= 0.3 is 0 Å². The van der Waals surface area contributed by atoms with Crippen molar-refractivity contribution < 1.29 is 13.2 Å². The lowest BCUT2D eigenvalue weighted by molar-refractivity contribution is 0.122. The summed E-state index contributed by atoms with van der Waals surface area (Å²) >= 11 is 0. The van der Waals surface area contributed by atoms with Gasteiger partial charge in [0.15, 0.2) is 0 Å². The third-order valence-electron chi connectivity index (χ3n) is 5.56. The van der Waals surface area contributed by atoms with Crippen molar-refractivity contribution in [3.8, 4) is 0 Å². The Morgan fingerprint density at radius 1 is 1.04 bits per heavy atom. The van der Waals surface area contributed by atoms with E-state index < -0.39 is 10.2 Å². The van der Waals surface area contributed by atoms with Crippen molar-refractivity contribution in [2.24, 2.45) is 0 Å². The highest BCUT2D eigenvalue weighted by Gasteiger charge is 2.30. The van der Waals surface area contributed by atoms with Crippen molar-refractivity contribution in [1.29, 1.82) is 0 Å². The van der Waals surface area contributed by atoms with E-state index in [2.05, 4.69) is 17.0 Å². The molecule has 1 saturated carbocycles. The Bertz CT molecular complexity index is 666. The fourth-order valence-electron chi connectivity index (χ4n) is 3.83. The quantitative estimate of drug-likeness (QED) is 0.760. The van der Waals surface area contributed by atoms with Crippen LogP contribution < -0.4 is 4.90 Å². The molecule has 1 aromatic carbocycles. The van der Waals surface area contributed by atoms with Crippen molar-refractivity contribution in [2.75, 3.05) is 45.3 Å². The molecule has 1 heterocycles. The molecule has 0 unspecified atom stereocenters. The summed E-state index contributed by atoms with van der Waals surface area (Å²) in [6.45, 7) is 3.72. The minimum absolute atomic E-state index is 0.139. The van der Waals surface area contributed by atoms with E-state index >= 15 is 0 Å². The summed E-state index contributed by atoms with van der Waals surface area (Å²) in [7, 11) is -0.0310. The van der Waals surface area contributed by atoms with E-state index in [9.17, 15) is 8.42 Å². The Hall–Kier alpha value is -1.15. The zero-order chi connectivity index (χ0) is 18.6. The SMILES string of the molecule is CN(Cc1ccc(N2CCOCC2)cc1)S(=O)(=O)N(C)C1CCCCC1. The van der Waals surface area contributed by atoms with Gasteiger partial charge in [-0.25, -0.2) is 0 Å². The molecular formula is C19H31N3O3S. The number of benzene rings is 1. The fraction of sp³-hybridized carbons (Fsp3) is 0.684. The van der Waals surface area contributed by atoms with Gasteiger partial charge in [-0.1, -0.05) is 31.4 Å². The number of hydrogen-bond donors (Lipinski definition) is 0. The van der Waals surface area contributed by atoms with Gasteiger partial charge in [0.2, 0.25) is 0 Å². The van der Waals surface area contributed by atoms with Crippen molar-refractivity contribution in [3.05, 3.63) is 29.8 Å². The maximum absolute atomic E-state index is 12.9. The van der Waals surface area contributed by atoms with Gasteiger partial charge in [0.05, 0.1) is 13.2 Å². The largest absolute Gasteiger partial charge is 0.378 e. The smallest absolute Gasteiger partial charge is 0.282 e. The lowest BCUT2D eigenvalue weighted by atomic mass is 9.96. The number of hydrogen-bond acceptors (Lipinski definition) is 4. The summed E-state index contributed by atoms with van der Waals surface area (Å²) in [4.78, 5) is 2.30. The van der Waals surface area contributed by atoms with Crippen LogP contribution in [-0.2, 0) is 21.5 Å². The van der Waals surface area contributed by atoms with Gasteiger partial charge in [-0.05, 0) is 30.5 Å². The second kappa shape index (κ2) is 8.69. The molecule has 1 aliphatic heterocycles. The van der Waals surface area contributed by atoms with Gasteiger partial charge < -0.3 is 9.64 Å². The molecule has 2 aliphatic rings. The van der Waals surface area contributed by atoms with E-state index in [0.717, 1.165) is 57.6 Å². The standard InChI is InChI=1S/C19H31N3O3S/c1-20(26(23,24)21(2)18-6-4-3-5-7-18)16-17-8-10-19(11-9-17)22-12-14-25-15-13-22/h8-11,18H,3-7,12-16H2,1-2H3. The van der Waals surface area contributed by atoms with Crippen LogP contribution in [0.3, 0.4) is 0 Å². The Balaban J connectivity index is 1.61. The predicted molar refractivity (Wildman–Crippen MR) is 104 cm³/mol. The molecule has 1 saturated heterocycles. The molecule has 0 amide bonds. The van der Waals surface area contributed by atoms with Gasteiger partial charge in [-0.15, -0.1) is 0 Å². The molecule has 0 aromatic heterocycles. The molecule has 3 rings (SSSR count). The third-order valence-corrected chi connectivity index (χ3v) is 7.51. The summed E-state index contributed by atoms with van der Waals surface area (Å²) in [5, 5.41) is 0. The highest BCUT2D eigenvalue weighted by Crippen LogP contribution is 2.25. The predicted octanol–water partition coefficient (Wildman–Crippen LogP) is 2.46. The van der Waals surface area contributed by atoms with Crippen molar-refractivity contribution >= 4 is 15.9 Å². The minimum atomic E-state index is -3.43. The number of ether oxygens (including phenoxy) is 1. The number of anilines is 1. The zero-order valence-electron chi connectivity index (χ0n) is 15.9. The first-order valence-electron chi connectivity index (χ1n) is 9.59. The van der Waals surface area contributed by atoms with E-state index in [4.69, 9.17) is 4.74 Å². The molecular weight excluding hydrogens is 350 g/mol. The summed E-state index contributed by atoms with van der Waals surface area (Å²) in [6.07, 6.45) is 5.40. The van der Waals surface area contributed by atoms with Crippen molar-refractivity contribution in [3.63, 3.8) is 0 Å². The molecule has 0 spiro atoms. The van der Waals surface area contributed by atoms with Crippen LogP contribution in [0.15, 0.2) is 24.3 Å². The van der Waals surface area contributed by atoms with Gasteiger partial charge in [0.25, 0.3) is 10.2 Å². The lowest BCUT2D eigenvalue weighted by Gasteiger charge is -2.33. The first-order valence-corrected chi connectivity index (χ1v) is 11.0. The molecule has 0 bridgehead atoms. The van der Waals surface area contributed by atoms with Crippen LogP contribution >= 0.6 is 0 Å². The monoisotopic (exact) mass is 381 g/mol. The summed E-state index contributed by atoms with van der Waals surface area (Å²) < 4.78 is 34.2. The van der Waals surface area contributed by atoms with Crippen LogP contribution in [0.5, 0.6) is 0 Å². The third kappa shape index (κ3) is 4.57. The highest BCUT2D eigenvalue weighted by atomic mass is 32.2. The second-order valence-electron chi connectivity index (χ2n) is 7.34. The fourth-order valence-corrected chi connectivity index (χ4v) is 5.16. The van der Waals surface area contributed by atoms with Crippen LogP contribution in [-0.4, -0.2) is 63.5 Å². The molecule has 6 nitrogen and oxygen atoms in total. The van der Waals surface area contributed by atoms with Crippen LogP contribution in [0.2, 0.25) is 0 Å². The molecule has 1 aromatic rings. The summed E-state index contributed by atoms with van der Waals surface area (Å²) in [5.41, 5.74) is 2.17. The molecule has 1 aliphatic carbocycles. The zero-order valence-corrected chi connectivity index (χ0v) is 16.7. The molecule has 146 valence electrons. The Morgan fingerprint density at radius 3 is 2.27 bits per heavy atom. The molecule has 0 N–H and O–H groups in total.